The van der Waals surface area contributed by atoms with Crippen LogP contribution in [0.1, 0.15) is 64.9 Å². The van der Waals surface area contributed by atoms with Gasteiger partial charge in [0.25, 0.3) is 5.91 Å². The Balaban J connectivity index is 1.86. The topological polar surface area (TPSA) is 50.4 Å². The quantitative estimate of drug-likeness (QED) is 0.779. The molecule has 2 N–H and O–H groups in total. The van der Waals surface area contributed by atoms with Gasteiger partial charge in [-0.15, -0.1) is 0 Å². The van der Waals surface area contributed by atoms with Gasteiger partial charge in [-0.3, -0.25) is 4.79 Å². The van der Waals surface area contributed by atoms with E-state index >= 15 is 0 Å². The number of carbonyl (C=O) groups excluding carboxylic acids is 1. The molecule has 1 amide bonds. The summed E-state index contributed by atoms with van der Waals surface area (Å²) in [6, 6.07) is 8.58. The molecule has 0 saturated heterocycles. The summed E-state index contributed by atoms with van der Waals surface area (Å²) in [5.41, 5.74) is 0.881. The maximum Gasteiger partial charge on any atom is 0.258 e. The fraction of sp³-hybridized carbons (Fsp3) is 0.650. The first-order valence-electron chi connectivity index (χ1n) is 9.19. The van der Waals surface area contributed by atoms with Gasteiger partial charge in [0, 0.05) is 23.7 Å². The van der Waals surface area contributed by atoms with E-state index in [1.54, 1.807) is 0 Å². The van der Waals surface area contributed by atoms with Gasteiger partial charge in [-0.1, -0.05) is 43.9 Å². The Bertz CT molecular complexity index is 515. The summed E-state index contributed by atoms with van der Waals surface area (Å²) in [6.07, 6.45) is 7.89. The van der Waals surface area contributed by atoms with Crippen LogP contribution in [0.4, 0.5) is 0 Å². The summed E-state index contributed by atoms with van der Waals surface area (Å²) in [6.45, 7) is 6.75. The van der Waals surface area contributed by atoms with Crippen LogP contribution in [0.2, 0.25) is 0 Å². The lowest BCUT2D eigenvalue weighted by Gasteiger charge is -2.21. The SMILES string of the molecule is CC(C)(C)NC(=O)COc1ccccc1CNC1CCCCCC1. The monoisotopic (exact) mass is 332 g/mol. The molecule has 0 spiro atoms. The second-order valence-corrected chi connectivity index (χ2v) is 7.76. The van der Waals surface area contributed by atoms with E-state index < -0.39 is 0 Å². The van der Waals surface area contributed by atoms with Gasteiger partial charge < -0.3 is 15.4 Å². The lowest BCUT2D eigenvalue weighted by Crippen LogP contribution is -2.43. The minimum absolute atomic E-state index is 0.0533. The van der Waals surface area contributed by atoms with Gasteiger partial charge in [-0.25, -0.2) is 0 Å². The van der Waals surface area contributed by atoms with E-state index in [9.17, 15) is 4.79 Å². The van der Waals surface area contributed by atoms with E-state index in [2.05, 4.69) is 16.7 Å². The first-order valence-corrected chi connectivity index (χ1v) is 9.19. The van der Waals surface area contributed by atoms with E-state index in [1.807, 2.05) is 39.0 Å². The van der Waals surface area contributed by atoms with Gasteiger partial charge in [0.05, 0.1) is 0 Å². The normalized spacial score (nSPS) is 16.5. The molecule has 1 aliphatic carbocycles. The predicted octanol–water partition coefficient (Wildman–Crippen LogP) is 3.79. The molecule has 4 nitrogen and oxygen atoms in total. The highest BCUT2D eigenvalue weighted by atomic mass is 16.5. The fourth-order valence-electron chi connectivity index (χ4n) is 3.13. The van der Waals surface area contributed by atoms with Crippen LogP contribution < -0.4 is 15.4 Å². The minimum Gasteiger partial charge on any atom is -0.483 e. The number of hydrogen-bond acceptors (Lipinski definition) is 3. The Labute approximate surface area is 146 Å². The van der Waals surface area contributed by atoms with Gasteiger partial charge in [0.1, 0.15) is 5.75 Å². The number of hydrogen-bond donors (Lipinski definition) is 2. The average molecular weight is 332 g/mol. The molecule has 24 heavy (non-hydrogen) atoms. The number of rotatable bonds is 6. The van der Waals surface area contributed by atoms with Crippen LogP contribution in [0, 0.1) is 0 Å². The van der Waals surface area contributed by atoms with E-state index in [4.69, 9.17) is 4.74 Å². The summed E-state index contributed by atoms with van der Waals surface area (Å²) in [5.74, 6) is 0.705. The Morgan fingerprint density at radius 2 is 1.79 bits per heavy atom. The Hall–Kier alpha value is -1.55. The molecule has 1 aromatic rings. The van der Waals surface area contributed by atoms with Crippen molar-refractivity contribution >= 4 is 5.91 Å². The van der Waals surface area contributed by atoms with E-state index in [0.29, 0.717) is 6.04 Å². The molecule has 1 aliphatic rings. The Morgan fingerprint density at radius 1 is 1.12 bits per heavy atom. The van der Waals surface area contributed by atoms with Crippen LogP contribution in [0.5, 0.6) is 5.75 Å². The smallest absolute Gasteiger partial charge is 0.258 e. The number of benzene rings is 1. The zero-order chi connectivity index (χ0) is 17.4. The zero-order valence-electron chi connectivity index (χ0n) is 15.4. The molecule has 1 saturated carbocycles. The molecule has 1 fully saturated rings. The van der Waals surface area contributed by atoms with Crippen LogP contribution in [0.15, 0.2) is 24.3 Å². The van der Waals surface area contributed by atoms with E-state index in [-0.39, 0.29) is 18.1 Å². The summed E-state index contributed by atoms with van der Waals surface area (Å²) in [5, 5.41) is 6.58. The average Bonchev–Trinajstić information content (AvgIpc) is 2.79. The number of para-hydroxylation sites is 1. The second kappa shape index (κ2) is 9.07. The van der Waals surface area contributed by atoms with Crippen LogP contribution >= 0.6 is 0 Å². The summed E-state index contributed by atoms with van der Waals surface area (Å²) < 4.78 is 5.76. The molecule has 4 heteroatoms. The first-order chi connectivity index (χ1) is 11.4. The third-order valence-corrected chi connectivity index (χ3v) is 4.28. The minimum atomic E-state index is -0.235. The molecular formula is C20H32N2O2. The third-order valence-electron chi connectivity index (χ3n) is 4.28. The van der Waals surface area contributed by atoms with Crippen molar-refractivity contribution in [1.82, 2.24) is 10.6 Å². The Morgan fingerprint density at radius 3 is 2.46 bits per heavy atom. The highest BCUT2D eigenvalue weighted by molar-refractivity contribution is 5.78. The van der Waals surface area contributed by atoms with Crippen molar-refractivity contribution in [3.8, 4) is 5.75 Å². The molecule has 0 bridgehead atoms. The Kier molecular flexibility index (Phi) is 7.10. The maximum absolute atomic E-state index is 11.9. The van der Waals surface area contributed by atoms with Crippen molar-refractivity contribution in [2.45, 2.75) is 77.4 Å². The number of ether oxygens (including phenoxy) is 1. The molecule has 0 atom stereocenters. The summed E-state index contributed by atoms with van der Waals surface area (Å²) in [4.78, 5) is 11.9. The zero-order valence-corrected chi connectivity index (χ0v) is 15.4. The standard InChI is InChI=1S/C20H32N2O2/c1-20(2,3)22-19(23)15-24-18-13-9-8-10-16(18)14-21-17-11-6-4-5-7-12-17/h8-10,13,17,21H,4-7,11-12,14-15H2,1-3H3,(H,22,23). The molecule has 2 rings (SSSR count). The van der Waals surface area contributed by atoms with Crippen molar-refractivity contribution in [3.63, 3.8) is 0 Å². The van der Waals surface area contributed by atoms with Crippen molar-refractivity contribution in [2.75, 3.05) is 6.61 Å². The molecule has 0 unspecified atom stereocenters. The fourth-order valence-corrected chi connectivity index (χ4v) is 3.13. The number of carbonyl (C=O) groups is 1. The van der Waals surface area contributed by atoms with Crippen LogP contribution in [-0.4, -0.2) is 24.1 Å². The first kappa shape index (κ1) is 18.8. The highest BCUT2D eigenvalue weighted by Crippen LogP contribution is 2.21. The largest absolute Gasteiger partial charge is 0.483 e. The van der Waals surface area contributed by atoms with Crippen molar-refractivity contribution < 1.29 is 9.53 Å². The highest BCUT2D eigenvalue weighted by Gasteiger charge is 2.15. The van der Waals surface area contributed by atoms with Gasteiger partial charge in [0.2, 0.25) is 0 Å². The van der Waals surface area contributed by atoms with Crippen LogP contribution in [0.25, 0.3) is 0 Å². The van der Waals surface area contributed by atoms with Crippen LogP contribution in [0.3, 0.4) is 0 Å². The number of nitrogens with one attached hydrogen (secondary N) is 2. The lowest BCUT2D eigenvalue weighted by molar-refractivity contribution is -0.124. The third kappa shape index (κ3) is 6.91. The second-order valence-electron chi connectivity index (χ2n) is 7.76. The van der Waals surface area contributed by atoms with Crippen molar-refractivity contribution in [2.24, 2.45) is 0 Å². The molecule has 0 aromatic heterocycles. The lowest BCUT2D eigenvalue weighted by atomic mass is 10.1. The van der Waals surface area contributed by atoms with Gasteiger partial charge in [0.15, 0.2) is 6.61 Å². The van der Waals surface area contributed by atoms with Gasteiger partial charge in [-0.2, -0.15) is 0 Å². The van der Waals surface area contributed by atoms with Crippen molar-refractivity contribution in [1.29, 1.82) is 0 Å². The van der Waals surface area contributed by atoms with E-state index in [1.165, 1.54) is 38.5 Å². The van der Waals surface area contributed by atoms with Gasteiger partial charge in [-0.05, 0) is 39.7 Å². The molecule has 134 valence electrons. The molecule has 0 heterocycles. The maximum atomic E-state index is 11.9. The van der Waals surface area contributed by atoms with Gasteiger partial charge >= 0.3 is 0 Å². The summed E-state index contributed by atoms with van der Waals surface area (Å²) in [7, 11) is 0. The molecule has 1 aromatic carbocycles. The molecular weight excluding hydrogens is 300 g/mol. The molecule has 0 radical (unpaired) electrons. The predicted molar refractivity (Wildman–Crippen MR) is 98.2 cm³/mol. The van der Waals surface area contributed by atoms with Crippen molar-refractivity contribution in [3.05, 3.63) is 29.8 Å². The number of amides is 1. The van der Waals surface area contributed by atoms with Crippen LogP contribution in [-0.2, 0) is 11.3 Å². The van der Waals surface area contributed by atoms with E-state index in [0.717, 1.165) is 17.9 Å². The molecule has 0 aliphatic heterocycles. The summed E-state index contributed by atoms with van der Waals surface area (Å²) >= 11 is 0.